The molecule has 1 aromatic carbocycles. The van der Waals surface area contributed by atoms with E-state index in [-0.39, 0.29) is 5.82 Å². The second kappa shape index (κ2) is 6.86. The molecule has 1 saturated carbocycles. The van der Waals surface area contributed by atoms with Crippen LogP contribution >= 0.6 is 0 Å². The second-order valence-corrected chi connectivity index (χ2v) is 5.18. The van der Waals surface area contributed by atoms with Crippen molar-refractivity contribution < 1.29 is 4.39 Å². The van der Waals surface area contributed by atoms with Crippen LogP contribution in [0.1, 0.15) is 31.2 Å². The zero-order valence-electron chi connectivity index (χ0n) is 10.9. The number of nitrogens with two attached hydrogens (primary N) is 1. The molecule has 0 aliphatic heterocycles. The molecule has 100 valence electrons. The van der Waals surface area contributed by atoms with Crippen LogP contribution < -0.4 is 11.1 Å². The standard InChI is InChI=1S/C15H23FN2/c16-14-7-3-1-5-12(14)9-10-18-15-8-4-2-6-13(15)11-17/h1,3,5,7,13,15,18H,2,4,6,8-11,17H2. The Morgan fingerprint density at radius 2 is 2.00 bits per heavy atom. The predicted octanol–water partition coefficient (Wildman–Crippen LogP) is 2.48. The van der Waals surface area contributed by atoms with E-state index >= 15 is 0 Å². The van der Waals surface area contributed by atoms with E-state index in [1.54, 1.807) is 6.07 Å². The molecule has 0 heterocycles. The molecular formula is C15H23FN2. The fourth-order valence-corrected chi connectivity index (χ4v) is 2.85. The number of nitrogens with one attached hydrogen (secondary N) is 1. The van der Waals surface area contributed by atoms with E-state index in [2.05, 4.69) is 5.32 Å². The van der Waals surface area contributed by atoms with Gasteiger partial charge in [0, 0.05) is 6.04 Å². The van der Waals surface area contributed by atoms with Crippen molar-refractivity contribution in [3.05, 3.63) is 35.6 Å². The maximum atomic E-state index is 13.5. The quantitative estimate of drug-likeness (QED) is 0.842. The Balaban J connectivity index is 1.79. The molecular weight excluding hydrogens is 227 g/mol. The molecule has 0 saturated heterocycles. The second-order valence-electron chi connectivity index (χ2n) is 5.18. The SMILES string of the molecule is NCC1CCCCC1NCCc1ccccc1F. The van der Waals surface area contributed by atoms with Crippen LogP contribution in [0.15, 0.2) is 24.3 Å². The zero-order chi connectivity index (χ0) is 12.8. The Labute approximate surface area is 109 Å². The van der Waals surface area contributed by atoms with Crippen LogP contribution in [0.4, 0.5) is 4.39 Å². The monoisotopic (exact) mass is 250 g/mol. The van der Waals surface area contributed by atoms with Crippen LogP contribution in [0, 0.1) is 11.7 Å². The minimum absolute atomic E-state index is 0.0988. The summed E-state index contributed by atoms with van der Waals surface area (Å²) in [7, 11) is 0. The summed E-state index contributed by atoms with van der Waals surface area (Å²) in [5.74, 6) is 0.498. The van der Waals surface area contributed by atoms with Crippen molar-refractivity contribution in [2.45, 2.75) is 38.1 Å². The third kappa shape index (κ3) is 3.53. The highest BCUT2D eigenvalue weighted by Gasteiger charge is 2.22. The first-order chi connectivity index (χ1) is 8.81. The first-order valence-electron chi connectivity index (χ1n) is 6.98. The van der Waals surface area contributed by atoms with Crippen molar-refractivity contribution in [3.8, 4) is 0 Å². The van der Waals surface area contributed by atoms with E-state index in [0.717, 1.165) is 25.1 Å². The Hall–Kier alpha value is -0.930. The van der Waals surface area contributed by atoms with Crippen LogP contribution in [0.2, 0.25) is 0 Å². The number of halogens is 1. The summed E-state index contributed by atoms with van der Waals surface area (Å²) in [4.78, 5) is 0. The summed E-state index contributed by atoms with van der Waals surface area (Å²) in [5.41, 5.74) is 6.60. The van der Waals surface area contributed by atoms with Crippen molar-refractivity contribution in [2.24, 2.45) is 11.7 Å². The molecule has 2 unspecified atom stereocenters. The molecule has 2 nitrogen and oxygen atoms in total. The first-order valence-corrected chi connectivity index (χ1v) is 6.98. The smallest absolute Gasteiger partial charge is 0.126 e. The highest BCUT2D eigenvalue weighted by molar-refractivity contribution is 5.17. The van der Waals surface area contributed by atoms with Gasteiger partial charge in [-0.15, -0.1) is 0 Å². The molecule has 0 aromatic heterocycles. The summed E-state index contributed by atoms with van der Waals surface area (Å²) in [6.45, 7) is 1.60. The number of hydrogen-bond acceptors (Lipinski definition) is 2. The molecule has 0 radical (unpaired) electrons. The molecule has 1 aromatic rings. The van der Waals surface area contributed by atoms with Gasteiger partial charge in [-0.05, 0) is 49.9 Å². The first kappa shape index (κ1) is 13.5. The average molecular weight is 250 g/mol. The van der Waals surface area contributed by atoms with Gasteiger partial charge in [-0.2, -0.15) is 0 Å². The maximum Gasteiger partial charge on any atom is 0.126 e. The normalized spacial score (nSPS) is 24.1. The van der Waals surface area contributed by atoms with Gasteiger partial charge in [-0.25, -0.2) is 4.39 Å². The van der Waals surface area contributed by atoms with Gasteiger partial charge in [0.15, 0.2) is 0 Å². The third-order valence-electron chi connectivity index (χ3n) is 3.97. The van der Waals surface area contributed by atoms with E-state index in [1.807, 2.05) is 12.1 Å². The zero-order valence-corrected chi connectivity index (χ0v) is 10.9. The van der Waals surface area contributed by atoms with E-state index in [4.69, 9.17) is 5.73 Å². The van der Waals surface area contributed by atoms with Gasteiger partial charge in [0.05, 0.1) is 0 Å². The fraction of sp³-hybridized carbons (Fsp3) is 0.600. The van der Waals surface area contributed by atoms with Gasteiger partial charge in [-0.3, -0.25) is 0 Å². The van der Waals surface area contributed by atoms with Crippen molar-refractivity contribution >= 4 is 0 Å². The molecule has 3 heteroatoms. The minimum atomic E-state index is -0.0988. The van der Waals surface area contributed by atoms with Gasteiger partial charge >= 0.3 is 0 Å². The lowest BCUT2D eigenvalue weighted by molar-refractivity contribution is 0.269. The van der Waals surface area contributed by atoms with Crippen LogP contribution in [0.3, 0.4) is 0 Å². The van der Waals surface area contributed by atoms with Gasteiger partial charge in [0.1, 0.15) is 5.82 Å². The fourth-order valence-electron chi connectivity index (χ4n) is 2.85. The lowest BCUT2D eigenvalue weighted by Crippen LogP contribution is -2.42. The summed E-state index contributed by atoms with van der Waals surface area (Å²) in [6, 6.07) is 7.53. The van der Waals surface area contributed by atoms with Crippen LogP contribution in [-0.2, 0) is 6.42 Å². The molecule has 1 aliphatic rings. The molecule has 1 fully saturated rings. The van der Waals surface area contributed by atoms with Crippen LogP contribution in [-0.4, -0.2) is 19.1 Å². The van der Waals surface area contributed by atoms with E-state index in [9.17, 15) is 4.39 Å². The van der Waals surface area contributed by atoms with Gasteiger partial charge in [-0.1, -0.05) is 31.0 Å². The summed E-state index contributed by atoms with van der Waals surface area (Å²) >= 11 is 0. The van der Waals surface area contributed by atoms with Gasteiger partial charge < -0.3 is 11.1 Å². The molecule has 2 rings (SSSR count). The maximum absolute atomic E-state index is 13.5. The molecule has 1 aliphatic carbocycles. The van der Waals surface area contributed by atoms with Crippen LogP contribution in [0.5, 0.6) is 0 Å². The molecule has 3 N–H and O–H groups in total. The van der Waals surface area contributed by atoms with E-state index in [0.29, 0.717) is 12.0 Å². The largest absolute Gasteiger partial charge is 0.330 e. The molecule has 0 spiro atoms. The van der Waals surface area contributed by atoms with Crippen LogP contribution in [0.25, 0.3) is 0 Å². The Morgan fingerprint density at radius 3 is 2.78 bits per heavy atom. The van der Waals surface area contributed by atoms with Crippen molar-refractivity contribution in [1.29, 1.82) is 0 Å². The van der Waals surface area contributed by atoms with Crippen molar-refractivity contribution in [2.75, 3.05) is 13.1 Å². The van der Waals surface area contributed by atoms with Crippen molar-refractivity contribution in [1.82, 2.24) is 5.32 Å². The summed E-state index contributed by atoms with van der Waals surface area (Å²) < 4.78 is 13.5. The average Bonchev–Trinajstić information content (AvgIpc) is 2.41. The molecule has 0 bridgehead atoms. The minimum Gasteiger partial charge on any atom is -0.330 e. The van der Waals surface area contributed by atoms with E-state index in [1.165, 1.54) is 31.7 Å². The number of hydrogen-bond donors (Lipinski definition) is 2. The van der Waals surface area contributed by atoms with Gasteiger partial charge in [0.25, 0.3) is 0 Å². The Kier molecular flexibility index (Phi) is 5.14. The summed E-state index contributed by atoms with van der Waals surface area (Å²) in [5, 5.41) is 3.55. The molecule has 2 atom stereocenters. The number of rotatable bonds is 5. The van der Waals surface area contributed by atoms with Crippen molar-refractivity contribution in [3.63, 3.8) is 0 Å². The lowest BCUT2D eigenvalue weighted by atomic mass is 9.84. The van der Waals surface area contributed by atoms with E-state index < -0.39 is 0 Å². The Bertz CT molecular complexity index is 367. The molecule has 18 heavy (non-hydrogen) atoms. The predicted molar refractivity (Wildman–Crippen MR) is 72.9 cm³/mol. The number of benzene rings is 1. The third-order valence-corrected chi connectivity index (χ3v) is 3.97. The Morgan fingerprint density at radius 1 is 1.22 bits per heavy atom. The highest BCUT2D eigenvalue weighted by Crippen LogP contribution is 2.23. The molecule has 0 amide bonds. The topological polar surface area (TPSA) is 38.0 Å². The summed E-state index contributed by atoms with van der Waals surface area (Å²) in [6.07, 6.45) is 5.77. The van der Waals surface area contributed by atoms with Gasteiger partial charge in [0.2, 0.25) is 0 Å². The lowest BCUT2D eigenvalue weighted by Gasteiger charge is -2.31. The highest BCUT2D eigenvalue weighted by atomic mass is 19.1.